The van der Waals surface area contributed by atoms with E-state index in [4.69, 9.17) is 22.1 Å². The maximum atomic E-state index is 12.5. The number of hydrogen-bond donors (Lipinski definition) is 1. The third kappa shape index (κ3) is 4.82. The summed E-state index contributed by atoms with van der Waals surface area (Å²) in [5, 5.41) is 0.385. The fraction of sp³-hybridized carbons (Fsp3) is 0.333. The number of piperazine rings is 1. The molecule has 1 unspecified atom stereocenters. The summed E-state index contributed by atoms with van der Waals surface area (Å²) in [6.07, 6.45) is 0. The third-order valence-corrected chi connectivity index (χ3v) is 5.29. The highest BCUT2D eigenvalue weighted by Crippen LogP contribution is 2.23. The first-order chi connectivity index (χ1) is 13.5. The molecule has 0 bridgehead atoms. The van der Waals surface area contributed by atoms with E-state index in [0.717, 1.165) is 13.1 Å². The van der Waals surface area contributed by atoms with Crippen LogP contribution in [0.1, 0.15) is 28.9 Å². The smallest absolute Gasteiger partial charge is 0.260 e. The Morgan fingerprint density at radius 1 is 1.11 bits per heavy atom. The normalized spacial score (nSPS) is 15.9. The van der Waals surface area contributed by atoms with E-state index in [-0.39, 0.29) is 23.8 Å². The molecule has 3 rings (SSSR count). The molecule has 0 aliphatic carbocycles. The Bertz CT molecular complexity index is 836. The highest BCUT2D eigenvalue weighted by atomic mass is 35.5. The molecule has 0 radical (unpaired) electrons. The topological polar surface area (TPSA) is 75.9 Å². The second kappa shape index (κ2) is 9.08. The van der Waals surface area contributed by atoms with Gasteiger partial charge in [0.15, 0.2) is 6.61 Å². The maximum absolute atomic E-state index is 12.5. The van der Waals surface area contributed by atoms with Crippen molar-refractivity contribution in [2.24, 2.45) is 5.73 Å². The zero-order chi connectivity index (χ0) is 20.1. The number of nitrogens with two attached hydrogens (primary N) is 1. The van der Waals surface area contributed by atoms with E-state index in [1.807, 2.05) is 18.2 Å². The van der Waals surface area contributed by atoms with E-state index in [2.05, 4.69) is 24.0 Å². The van der Waals surface area contributed by atoms with Crippen LogP contribution in [-0.2, 0) is 4.79 Å². The SMILES string of the molecule is CC(c1ccccc1)N1CCN(C(=O)COc2ccc(Cl)cc2C(N)=O)CC1. The van der Waals surface area contributed by atoms with Crippen molar-refractivity contribution in [3.8, 4) is 5.75 Å². The highest BCUT2D eigenvalue weighted by Gasteiger charge is 2.25. The molecular weight excluding hydrogens is 378 g/mol. The first kappa shape index (κ1) is 20.2. The number of carbonyl (C=O) groups is 2. The number of nitrogens with zero attached hydrogens (tertiary/aromatic N) is 2. The maximum Gasteiger partial charge on any atom is 0.260 e. The lowest BCUT2D eigenvalue weighted by Gasteiger charge is -2.38. The van der Waals surface area contributed by atoms with Gasteiger partial charge in [0, 0.05) is 37.2 Å². The van der Waals surface area contributed by atoms with Gasteiger partial charge in [-0.2, -0.15) is 0 Å². The van der Waals surface area contributed by atoms with Crippen molar-refractivity contribution >= 4 is 23.4 Å². The van der Waals surface area contributed by atoms with Gasteiger partial charge in [-0.15, -0.1) is 0 Å². The second-order valence-electron chi connectivity index (χ2n) is 6.80. The van der Waals surface area contributed by atoms with Crippen LogP contribution >= 0.6 is 11.6 Å². The van der Waals surface area contributed by atoms with Crippen molar-refractivity contribution in [2.45, 2.75) is 13.0 Å². The van der Waals surface area contributed by atoms with E-state index in [1.54, 1.807) is 17.0 Å². The summed E-state index contributed by atoms with van der Waals surface area (Å²) in [5.74, 6) is -0.493. The third-order valence-electron chi connectivity index (χ3n) is 5.05. The fourth-order valence-electron chi connectivity index (χ4n) is 3.35. The van der Waals surface area contributed by atoms with Crippen LogP contribution in [0.4, 0.5) is 0 Å². The molecule has 1 aliphatic heterocycles. The van der Waals surface area contributed by atoms with Gasteiger partial charge in [-0.25, -0.2) is 0 Å². The Hall–Kier alpha value is -2.57. The van der Waals surface area contributed by atoms with Crippen LogP contribution in [0.2, 0.25) is 5.02 Å². The largest absolute Gasteiger partial charge is 0.483 e. The van der Waals surface area contributed by atoms with Gasteiger partial charge >= 0.3 is 0 Å². The second-order valence-corrected chi connectivity index (χ2v) is 7.23. The average molecular weight is 402 g/mol. The minimum Gasteiger partial charge on any atom is -0.483 e. The van der Waals surface area contributed by atoms with E-state index < -0.39 is 5.91 Å². The summed E-state index contributed by atoms with van der Waals surface area (Å²) in [7, 11) is 0. The molecule has 2 amide bonds. The molecule has 7 heteroatoms. The van der Waals surface area contributed by atoms with E-state index in [1.165, 1.54) is 11.6 Å². The Morgan fingerprint density at radius 2 is 1.79 bits per heavy atom. The predicted molar refractivity (Wildman–Crippen MR) is 108 cm³/mol. The number of halogens is 1. The molecule has 0 saturated carbocycles. The molecule has 28 heavy (non-hydrogen) atoms. The number of rotatable bonds is 6. The van der Waals surface area contributed by atoms with Gasteiger partial charge in [0.25, 0.3) is 11.8 Å². The lowest BCUT2D eigenvalue weighted by atomic mass is 10.1. The Balaban J connectivity index is 1.53. The fourth-order valence-corrected chi connectivity index (χ4v) is 3.52. The summed E-state index contributed by atoms with van der Waals surface area (Å²) in [5.41, 5.74) is 6.78. The number of primary amides is 1. The average Bonchev–Trinajstić information content (AvgIpc) is 2.72. The highest BCUT2D eigenvalue weighted by molar-refractivity contribution is 6.31. The molecule has 2 aromatic carbocycles. The minimum atomic E-state index is -0.645. The van der Waals surface area contributed by atoms with E-state index in [9.17, 15) is 9.59 Å². The van der Waals surface area contributed by atoms with Gasteiger partial charge in [0.05, 0.1) is 5.56 Å². The molecule has 6 nitrogen and oxygen atoms in total. The van der Waals surface area contributed by atoms with Crippen molar-refractivity contribution in [3.05, 3.63) is 64.7 Å². The summed E-state index contributed by atoms with van der Waals surface area (Å²) >= 11 is 5.89. The minimum absolute atomic E-state index is 0.114. The monoisotopic (exact) mass is 401 g/mol. The number of ether oxygens (including phenoxy) is 1. The van der Waals surface area contributed by atoms with Crippen LogP contribution in [0.3, 0.4) is 0 Å². The van der Waals surface area contributed by atoms with Gasteiger partial charge in [0.1, 0.15) is 5.75 Å². The molecular formula is C21H24ClN3O3. The number of hydrogen-bond acceptors (Lipinski definition) is 4. The van der Waals surface area contributed by atoms with Gasteiger partial charge in [-0.05, 0) is 30.7 Å². The van der Waals surface area contributed by atoms with Crippen molar-refractivity contribution in [3.63, 3.8) is 0 Å². The van der Waals surface area contributed by atoms with Crippen LogP contribution in [0.5, 0.6) is 5.75 Å². The zero-order valence-corrected chi connectivity index (χ0v) is 16.6. The number of benzene rings is 2. The Labute approximate surface area is 169 Å². The van der Waals surface area contributed by atoms with E-state index in [0.29, 0.717) is 24.2 Å². The first-order valence-electron chi connectivity index (χ1n) is 9.24. The van der Waals surface area contributed by atoms with E-state index >= 15 is 0 Å². The molecule has 1 saturated heterocycles. The standard InChI is InChI=1S/C21H24ClN3O3/c1-15(16-5-3-2-4-6-16)24-9-11-25(12-10-24)20(26)14-28-19-8-7-17(22)13-18(19)21(23)27/h2-8,13,15H,9-12,14H2,1H3,(H2,23,27). The summed E-state index contributed by atoms with van der Waals surface area (Å²) in [6.45, 7) is 4.92. The van der Waals surface area contributed by atoms with Gasteiger partial charge in [0.2, 0.25) is 0 Å². The molecule has 1 aliphatic rings. The number of carbonyl (C=O) groups excluding carboxylic acids is 2. The van der Waals surface area contributed by atoms with Gasteiger partial charge in [-0.3, -0.25) is 14.5 Å². The van der Waals surface area contributed by atoms with Crippen LogP contribution in [0, 0.1) is 0 Å². The molecule has 1 atom stereocenters. The van der Waals surface area contributed by atoms with Crippen molar-refractivity contribution in [1.82, 2.24) is 9.80 Å². The van der Waals surface area contributed by atoms with Crippen molar-refractivity contribution in [1.29, 1.82) is 0 Å². The molecule has 1 heterocycles. The summed E-state index contributed by atoms with van der Waals surface area (Å²) in [4.78, 5) is 28.2. The van der Waals surface area contributed by atoms with Crippen LogP contribution < -0.4 is 10.5 Å². The number of amides is 2. The lowest BCUT2D eigenvalue weighted by Crippen LogP contribution is -2.50. The van der Waals surface area contributed by atoms with Crippen LogP contribution in [-0.4, -0.2) is 54.4 Å². The lowest BCUT2D eigenvalue weighted by molar-refractivity contribution is -0.135. The first-order valence-corrected chi connectivity index (χ1v) is 9.62. The van der Waals surface area contributed by atoms with Crippen molar-refractivity contribution < 1.29 is 14.3 Å². The van der Waals surface area contributed by atoms with Crippen LogP contribution in [0.25, 0.3) is 0 Å². The van der Waals surface area contributed by atoms with Gasteiger partial charge < -0.3 is 15.4 Å². The molecule has 2 N–H and O–H groups in total. The molecule has 0 aromatic heterocycles. The summed E-state index contributed by atoms with van der Waals surface area (Å²) in [6, 6.07) is 15.2. The van der Waals surface area contributed by atoms with Gasteiger partial charge in [-0.1, -0.05) is 41.9 Å². The Morgan fingerprint density at radius 3 is 2.43 bits per heavy atom. The molecule has 148 valence electrons. The molecule has 1 fully saturated rings. The molecule has 0 spiro atoms. The zero-order valence-electron chi connectivity index (χ0n) is 15.8. The quantitative estimate of drug-likeness (QED) is 0.807. The summed E-state index contributed by atoms with van der Waals surface area (Å²) < 4.78 is 5.55. The Kier molecular flexibility index (Phi) is 6.54. The van der Waals surface area contributed by atoms with Crippen molar-refractivity contribution in [2.75, 3.05) is 32.8 Å². The van der Waals surface area contributed by atoms with Crippen LogP contribution in [0.15, 0.2) is 48.5 Å². The predicted octanol–water partition coefficient (Wildman–Crippen LogP) is 2.72. The molecule has 2 aromatic rings.